The van der Waals surface area contributed by atoms with Crippen molar-refractivity contribution in [3.05, 3.63) is 51.6 Å². The van der Waals surface area contributed by atoms with E-state index in [2.05, 4.69) is 0 Å². The Morgan fingerprint density at radius 1 is 1.04 bits per heavy atom. The highest BCUT2D eigenvalue weighted by atomic mass is 16.5. The lowest BCUT2D eigenvalue weighted by atomic mass is 9.79. The first-order valence-electron chi connectivity index (χ1n) is 8.61. The van der Waals surface area contributed by atoms with E-state index in [-0.39, 0.29) is 51.5 Å². The van der Waals surface area contributed by atoms with Gasteiger partial charge in [-0.05, 0) is 37.6 Å². The minimum Gasteiger partial charge on any atom is -0.507 e. The van der Waals surface area contributed by atoms with Crippen molar-refractivity contribution in [2.45, 2.75) is 26.4 Å². The number of ketones is 3. The summed E-state index contributed by atoms with van der Waals surface area (Å²) in [7, 11) is 2.76. The number of carbonyl (C=O) groups is 3. The minimum atomic E-state index is -1.29. The molecule has 2 N–H and O–H groups in total. The molecule has 1 aliphatic rings. The number of hydrogen-bond acceptors (Lipinski definition) is 7. The van der Waals surface area contributed by atoms with Crippen molar-refractivity contribution in [1.29, 1.82) is 0 Å². The lowest BCUT2D eigenvalue weighted by molar-refractivity contribution is -0.118. The van der Waals surface area contributed by atoms with Gasteiger partial charge < -0.3 is 19.7 Å². The fraction of sp³-hybridized carbons (Fsp3) is 0.286. The molecule has 28 heavy (non-hydrogen) atoms. The highest BCUT2D eigenvalue weighted by molar-refractivity contribution is 6.31. The van der Waals surface area contributed by atoms with E-state index >= 15 is 0 Å². The second-order valence-corrected chi connectivity index (χ2v) is 6.68. The quantitative estimate of drug-likeness (QED) is 0.695. The molecule has 1 atom stereocenters. The molecule has 0 saturated heterocycles. The summed E-state index contributed by atoms with van der Waals surface area (Å²) < 4.78 is 10.5. The number of rotatable bonds is 5. The number of Topliss-reactive ketones (excluding diaryl/α,β-unsaturated/α-hetero) is 1. The average Bonchev–Trinajstić information content (AvgIpc) is 2.63. The summed E-state index contributed by atoms with van der Waals surface area (Å²) >= 11 is 0. The molecule has 0 radical (unpaired) electrons. The van der Waals surface area contributed by atoms with E-state index in [9.17, 15) is 24.6 Å². The highest BCUT2D eigenvalue weighted by Crippen LogP contribution is 2.44. The van der Waals surface area contributed by atoms with Crippen LogP contribution in [0, 0.1) is 6.92 Å². The Labute approximate surface area is 161 Å². The van der Waals surface area contributed by atoms with Crippen molar-refractivity contribution in [3.63, 3.8) is 0 Å². The third kappa shape index (κ3) is 2.84. The van der Waals surface area contributed by atoms with Gasteiger partial charge in [0.05, 0.1) is 37.0 Å². The van der Waals surface area contributed by atoms with Gasteiger partial charge in [0.15, 0.2) is 5.78 Å². The molecule has 146 valence electrons. The van der Waals surface area contributed by atoms with Crippen LogP contribution in [0.5, 0.6) is 17.2 Å². The zero-order valence-corrected chi connectivity index (χ0v) is 16.0. The number of carbonyl (C=O) groups excluding carboxylic acids is 3. The fourth-order valence-corrected chi connectivity index (χ4v) is 3.63. The van der Waals surface area contributed by atoms with Gasteiger partial charge in [0.25, 0.3) is 0 Å². The monoisotopic (exact) mass is 384 g/mol. The molecular formula is C21H20O7. The Morgan fingerprint density at radius 2 is 1.57 bits per heavy atom. The van der Waals surface area contributed by atoms with Crippen LogP contribution >= 0.6 is 0 Å². The van der Waals surface area contributed by atoms with Crippen LogP contribution in [0.2, 0.25) is 0 Å². The van der Waals surface area contributed by atoms with Crippen molar-refractivity contribution in [2.24, 2.45) is 0 Å². The summed E-state index contributed by atoms with van der Waals surface area (Å²) in [6.45, 7) is 2.91. The highest BCUT2D eigenvalue weighted by Gasteiger charge is 2.39. The van der Waals surface area contributed by atoms with Gasteiger partial charge in [-0.2, -0.15) is 0 Å². The van der Waals surface area contributed by atoms with Gasteiger partial charge in [0, 0.05) is 17.5 Å². The van der Waals surface area contributed by atoms with Gasteiger partial charge >= 0.3 is 0 Å². The van der Waals surface area contributed by atoms with Crippen molar-refractivity contribution in [1.82, 2.24) is 0 Å². The van der Waals surface area contributed by atoms with E-state index in [1.165, 1.54) is 39.3 Å². The summed E-state index contributed by atoms with van der Waals surface area (Å²) in [4.78, 5) is 37.8. The lowest BCUT2D eigenvalue weighted by Crippen LogP contribution is -2.24. The number of aliphatic hydroxyl groups excluding tert-OH is 1. The standard InChI is InChI=1S/C21H20O7/c1-9-7-11-16(20(25)15(9)12(23)8-10(2)22)21(26)18-14(28-4)6-5-13(27-3)17(18)19(11)24/h5-7,12,23,25H,8H2,1-4H3. The second-order valence-electron chi connectivity index (χ2n) is 6.68. The number of aliphatic hydroxyl groups is 1. The second kappa shape index (κ2) is 7.09. The number of phenolic OH excluding ortho intramolecular Hbond substituents is 1. The molecule has 0 aromatic heterocycles. The van der Waals surface area contributed by atoms with E-state index in [1.54, 1.807) is 6.92 Å². The van der Waals surface area contributed by atoms with Gasteiger partial charge in [-0.3, -0.25) is 14.4 Å². The number of aromatic hydroxyl groups is 1. The normalized spacial score (nSPS) is 13.6. The van der Waals surface area contributed by atoms with E-state index in [1.807, 2.05) is 0 Å². The van der Waals surface area contributed by atoms with Gasteiger partial charge in [-0.25, -0.2) is 0 Å². The first kappa shape index (κ1) is 19.6. The molecule has 0 saturated carbocycles. The van der Waals surface area contributed by atoms with Crippen LogP contribution < -0.4 is 9.47 Å². The molecule has 1 aliphatic carbocycles. The summed E-state index contributed by atoms with van der Waals surface area (Å²) in [6, 6.07) is 4.48. The summed E-state index contributed by atoms with van der Waals surface area (Å²) in [6.07, 6.45) is -1.51. The maximum Gasteiger partial charge on any atom is 0.202 e. The number of benzene rings is 2. The van der Waals surface area contributed by atoms with Crippen molar-refractivity contribution in [2.75, 3.05) is 14.2 Å². The third-order valence-corrected chi connectivity index (χ3v) is 4.86. The number of ether oxygens (including phenoxy) is 2. The number of phenols is 1. The Morgan fingerprint density at radius 3 is 2.07 bits per heavy atom. The molecule has 7 heteroatoms. The Kier molecular flexibility index (Phi) is 4.95. The Hall–Kier alpha value is -3.19. The van der Waals surface area contributed by atoms with Crippen LogP contribution in [0.4, 0.5) is 0 Å². The predicted octanol–water partition coefficient (Wildman–Crippen LogP) is 2.51. The molecule has 7 nitrogen and oxygen atoms in total. The predicted molar refractivity (Wildman–Crippen MR) is 99.5 cm³/mol. The number of methoxy groups -OCH3 is 2. The number of fused-ring (bicyclic) bond motifs is 2. The largest absolute Gasteiger partial charge is 0.507 e. The van der Waals surface area contributed by atoms with Crippen LogP contribution in [0.1, 0.15) is 62.4 Å². The van der Waals surface area contributed by atoms with Crippen molar-refractivity contribution >= 4 is 17.3 Å². The topological polar surface area (TPSA) is 110 Å². The minimum absolute atomic E-state index is 0.00879. The molecule has 0 heterocycles. The van der Waals surface area contributed by atoms with Crippen LogP contribution in [-0.4, -0.2) is 41.8 Å². The van der Waals surface area contributed by atoms with Crippen LogP contribution in [0.3, 0.4) is 0 Å². The van der Waals surface area contributed by atoms with E-state index in [0.29, 0.717) is 5.56 Å². The summed E-state index contributed by atoms with van der Waals surface area (Å²) in [5.41, 5.74) is 0.308. The average molecular weight is 384 g/mol. The van der Waals surface area contributed by atoms with Gasteiger partial charge in [-0.15, -0.1) is 0 Å². The molecule has 0 amide bonds. The zero-order valence-electron chi connectivity index (χ0n) is 16.0. The van der Waals surface area contributed by atoms with Crippen LogP contribution in [-0.2, 0) is 4.79 Å². The summed E-state index contributed by atoms with van der Waals surface area (Å²) in [5, 5.41) is 21.1. The van der Waals surface area contributed by atoms with E-state index in [4.69, 9.17) is 9.47 Å². The smallest absolute Gasteiger partial charge is 0.202 e. The molecular weight excluding hydrogens is 364 g/mol. The Bertz CT molecular complexity index is 1020. The van der Waals surface area contributed by atoms with E-state index in [0.717, 1.165) is 0 Å². The van der Waals surface area contributed by atoms with E-state index < -0.39 is 23.4 Å². The number of hydrogen-bond donors (Lipinski definition) is 2. The fourth-order valence-electron chi connectivity index (χ4n) is 3.63. The first-order valence-corrected chi connectivity index (χ1v) is 8.61. The Balaban J connectivity index is 2.31. The maximum atomic E-state index is 13.2. The van der Waals surface area contributed by atoms with Crippen molar-refractivity contribution in [3.8, 4) is 17.2 Å². The first-order chi connectivity index (χ1) is 13.2. The molecule has 0 fully saturated rings. The molecule has 2 aromatic rings. The lowest BCUT2D eigenvalue weighted by Gasteiger charge is -2.25. The van der Waals surface area contributed by atoms with Gasteiger partial charge in [0.1, 0.15) is 23.0 Å². The third-order valence-electron chi connectivity index (χ3n) is 4.86. The molecule has 0 spiro atoms. The molecule has 2 aromatic carbocycles. The van der Waals surface area contributed by atoms with Gasteiger partial charge in [-0.1, -0.05) is 0 Å². The van der Waals surface area contributed by atoms with Crippen LogP contribution in [0.25, 0.3) is 0 Å². The SMILES string of the molecule is COc1ccc(OC)c2c1C(=O)c1cc(C)c(C(O)CC(C)=O)c(O)c1C2=O. The molecule has 3 rings (SSSR count). The molecule has 0 aliphatic heterocycles. The molecule has 0 bridgehead atoms. The summed E-state index contributed by atoms with van der Waals surface area (Å²) in [5.74, 6) is -1.50. The van der Waals surface area contributed by atoms with Crippen LogP contribution in [0.15, 0.2) is 18.2 Å². The van der Waals surface area contributed by atoms with Gasteiger partial charge in [0.2, 0.25) is 5.78 Å². The molecule has 1 unspecified atom stereocenters. The number of aryl methyl sites for hydroxylation is 1. The van der Waals surface area contributed by atoms with Crippen molar-refractivity contribution < 1.29 is 34.1 Å². The zero-order chi connectivity index (χ0) is 20.7. The maximum absolute atomic E-state index is 13.2.